The molecule has 0 spiro atoms. The molecule has 1 N–H and O–H groups in total. The molecular weight excluding hydrogens is 536 g/mol. The number of hydrogen-bond acceptors (Lipinski definition) is 6. The first-order valence-corrected chi connectivity index (χ1v) is 12.7. The van der Waals surface area contributed by atoms with Gasteiger partial charge in [-0.15, -0.1) is 0 Å². The van der Waals surface area contributed by atoms with Crippen LogP contribution in [0, 0.1) is 0 Å². The van der Waals surface area contributed by atoms with E-state index < -0.39 is 10.0 Å². The fourth-order valence-corrected chi connectivity index (χ4v) is 5.45. The molecule has 3 aromatic carbocycles. The molecule has 0 atom stereocenters. The molecule has 4 rings (SSSR count). The van der Waals surface area contributed by atoms with Crippen LogP contribution in [0.5, 0.6) is 0 Å². The summed E-state index contributed by atoms with van der Waals surface area (Å²) in [5, 5.41) is 0.609. The third kappa shape index (κ3) is 4.78. The number of halogens is 2. The van der Waals surface area contributed by atoms with Crippen molar-refractivity contribution in [3.63, 3.8) is 0 Å². The highest BCUT2D eigenvalue weighted by Gasteiger charge is 2.24. The van der Waals surface area contributed by atoms with Crippen LogP contribution in [-0.2, 0) is 16.6 Å². The molecule has 0 unspecified atom stereocenters. The summed E-state index contributed by atoms with van der Waals surface area (Å²) in [6, 6.07) is 16.7. The second-order valence-electron chi connectivity index (χ2n) is 6.97. The Morgan fingerprint density at radius 2 is 1.88 bits per heavy atom. The van der Waals surface area contributed by atoms with E-state index in [-0.39, 0.29) is 27.6 Å². The monoisotopic (exact) mass is 550 g/mol. The molecule has 0 aliphatic rings. The number of rotatable bonds is 6. The van der Waals surface area contributed by atoms with E-state index in [4.69, 9.17) is 11.6 Å². The minimum absolute atomic E-state index is 0.00311. The molecule has 7 nitrogen and oxygen atoms in total. The summed E-state index contributed by atoms with van der Waals surface area (Å²) in [6.45, 7) is 0.335. The zero-order valence-electron chi connectivity index (χ0n) is 16.6. The van der Waals surface area contributed by atoms with Crippen LogP contribution in [0.1, 0.15) is 15.9 Å². The van der Waals surface area contributed by atoms with Crippen molar-refractivity contribution in [2.75, 3.05) is 11.8 Å². The van der Waals surface area contributed by atoms with Gasteiger partial charge >= 0.3 is 0 Å². The Morgan fingerprint density at radius 1 is 1.12 bits per heavy atom. The van der Waals surface area contributed by atoms with Gasteiger partial charge in [-0.25, -0.2) is 8.42 Å². The van der Waals surface area contributed by atoms with Gasteiger partial charge in [-0.3, -0.25) is 9.52 Å². The number of hydrogen-bond donors (Lipinski definition) is 1. The van der Waals surface area contributed by atoms with Crippen molar-refractivity contribution in [3.8, 4) is 0 Å². The van der Waals surface area contributed by atoms with Crippen molar-refractivity contribution in [3.05, 3.63) is 81.3 Å². The summed E-state index contributed by atoms with van der Waals surface area (Å²) in [7, 11) is -2.37. The minimum atomic E-state index is -4.02. The molecule has 0 aliphatic carbocycles. The van der Waals surface area contributed by atoms with E-state index in [9.17, 15) is 13.2 Å². The van der Waals surface area contributed by atoms with E-state index in [1.54, 1.807) is 49.5 Å². The molecule has 0 saturated heterocycles. The summed E-state index contributed by atoms with van der Waals surface area (Å²) in [5.74, 6) is -0.335. The topological polar surface area (TPSA) is 92.3 Å². The Hall–Kier alpha value is -2.53. The van der Waals surface area contributed by atoms with Gasteiger partial charge in [-0.1, -0.05) is 45.7 Å². The minimum Gasteiger partial charge on any atom is -0.337 e. The smallest absolute Gasteiger partial charge is 0.264 e. The largest absolute Gasteiger partial charge is 0.337 e. The van der Waals surface area contributed by atoms with Crippen LogP contribution in [0.15, 0.2) is 70.0 Å². The lowest BCUT2D eigenvalue weighted by atomic mass is 10.1. The van der Waals surface area contributed by atoms with Gasteiger partial charge in [0.1, 0.15) is 15.9 Å². The van der Waals surface area contributed by atoms with Gasteiger partial charge in [0.2, 0.25) is 0 Å². The maximum atomic E-state index is 13.2. The lowest BCUT2D eigenvalue weighted by Crippen LogP contribution is -2.27. The Morgan fingerprint density at radius 3 is 2.62 bits per heavy atom. The molecule has 0 radical (unpaired) electrons. The summed E-state index contributed by atoms with van der Waals surface area (Å²) in [5.41, 5.74) is 2.05. The summed E-state index contributed by atoms with van der Waals surface area (Å²) in [6.07, 6.45) is 0. The van der Waals surface area contributed by atoms with E-state index in [2.05, 4.69) is 29.4 Å². The number of nitrogens with one attached hydrogen (secondary N) is 1. The third-order valence-electron chi connectivity index (χ3n) is 4.67. The summed E-state index contributed by atoms with van der Waals surface area (Å²) in [4.78, 5) is 14.7. The molecule has 0 saturated carbocycles. The van der Waals surface area contributed by atoms with E-state index >= 15 is 0 Å². The molecule has 0 aliphatic heterocycles. The first-order chi connectivity index (χ1) is 15.2. The maximum absolute atomic E-state index is 13.2. The number of anilines is 1. The van der Waals surface area contributed by atoms with E-state index in [0.29, 0.717) is 21.6 Å². The third-order valence-corrected chi connectivity index (χ3v) is 7.36. The van der Waals surface area contributed by atoms with Crippen LogP contribution in [0.2, 0.25) is 5.02 Å². The van der Waals surface area contributed by atoms with Crippen LogP contribution in [0.3, 0.4) is 0 Å². The van der Waals surface area contributed by atoms with Gasteiger partial charge in [0.15, 0.2) is 0 Å². The molecular formula is C21H16BrClN4O3S2. The van der Waals surface area contributed by atoms with Gasteiger partial charge in [-0.2, -0.15) is 8.75 Å². The van der Waals surface area contributed by atoms with Crippen LogP contribution in [0.4, 0.5) is 5.69 Å². The summed E-state index contributed by atoms with van der Waals surface area (Å²) < 4.78 is 37.7. The molecule has 11 heteroatoms. The van der Waals surface area contributed by atoms with Crippen molar-refractivity contribution < 1.29 is 13.2 Å². The van der Waals surface area contributed by atoms with Crippen LogP contribution >= 0.6 is 39.3 Å². The highest BCUT2D eigenvalue weighted by Crippen LogP contribution is 2.28. The van der Waals surface area contributed by atoms with Crippen molar-refractivity contribution in [1.82, 2.24) is 13.6 Å². The number of aromatic nitrogens is 2. The molecule has 164 valence electrons. The fourth-order valence-electron chi connectivity index (χ4n) is 3.13. The molecule has 0 bridgehead atoms. The standard InChI is InChI=1S/C21H16BrClN4O3S2/c1-27(12-13-5-8-15(23)9-6-13)21(28)16-10-7-14(22)11-18(16)26-32(29,30)19-4-2-3-17-20(19)25-31-24-17/h2-11,26H,12H2,1H3. The lowest BCUT2D eigenvalue weighted by molar-refractivity contribution is 0.0786. The van der Waals surface area contributed by atoms with Gasteiger partial charge in [0.05, 0.1) is 23.0 Å². The molecule has 0 fully saturated rings. The Bertz CT molecular complexity index is 1410. The first kappa shape index (κ1) is 22.7. The predicted octanol–water partition coefficient (Wildman–Crippen LogP) is 5.18. The number of carbonyl (C=O) groups is 1. The van der Waals surface area contributed by atoms with E-state index in [1.165, 1.54) is 11.0 Å². The second kappa shape index (κ2) is 9.14. The highest BCUT2D eigenvalue weighted by molar-refractivity contribution is 9.10. The second-order valence-corrected chi connectivity index (χ2v) is 10.5. The van der Waals surface area contributed by atoms with Crippen LogP contribution in [-0.4, -0.2) is 35.0 Å². The number of fused-ring (bicyclic) bond motifs is 1. The van der Waals surface area contributed by atoms with Crippen molar-refractivity contribution >= 4 is 71.9 Å². The van der Waals surface area contributed by atoms with Gasteiger partial charge < -0.3 is 4.90 Å². The summed E-state index contributed by atoms with van der Waals surface area (Å²) >= 11 is 10.2. The highest BCUT2D eigenvalue weighted by atomic mass is 79.9. The van der Waals surface area contributed by atoms with E-state index in [0.717, 1.165) is 17.3 Å². The molecule has 1 heterocycles. The van der Waals surface area contributed by atoms with Crippen LogP contribution < -0.4 is 4.72 Å². The van der Waals surface area contributed by atoms with Crippen molar-refractivity contribution in [1.29, 1.82) is 0 Å². The van der Waals surface area contributed by atoms with Gasteiger partial charge in [-0.05, 0) is 48.0 Å². The zero-order chi connectivity index (χ0) is 22.9. The van der Waals surface area contributed by atoms with Crippen LogP contribution in [0.25, 0.3) is 11.0 Å². The van der Waals surface area contributed by atoms with Gasteiger partial charge in [0.25, 0.3) is 15.9 Å². The number of benzene rings is 3. The Kier molecular flexibility index (Phi) is 6.47. The fraction of sp³-hybridized carbons (Fsp3) is 0.0952. The Labute approximate surface area is 202 Å². The van der Waals surface area contributed by atoms with Crippen molar-refractivity contribution in [2.45, 2.75) is 11.4 Å². The predicted molar refractivity (Wildman–Crippen MR) is 130 cm³/mol. The number of nitrogens with zero attached hydrogens (tertiary/aromatic N) is 3. The molecule has 4 aromatic rings. The average Bonchev–Trinajstić information content (AvgIpc) is 3.23. The Balaban J connectivity index is 1.65. The van der Waals surface area contributed by atoms with E-state index in [1.807, 2.05) is 12.1 Å². The molecule has 1 aromatic heterocycles. The maximum Gasteiger partial charge on any atom is 0.264 e. The SMILES string of the molecule is CN(Cc1ccc(Cl)cc1)C(=O)c1ccc(Br)cc1NS(=O)(=O)c1cccc2nsnc12. The first-order valence-electron chi connectivity index (χ1n) is 9.28. The zero-order valence-corrected chi connectivity index (χ0v) is 20.6. The number of amides is 1. The van der Waals surface area contributed by atoms with Crippen molar-refractivity contribution in [2.24, 2.45) is 0 Å². The quantitative estimate of drug-likeness (QED) is 0.356. The number of carbonyl (C=O) groups excluding carboxylic acids is 1. The van der Waals surface area contributed by atoms with Gasteiger partial charge in [0, 0.05) is 23.1 Å². The molecule has 1 amide bonds. The normalized spacial score (nSPS) is 11.5. The average molecular weight is 552 g/mol. The molecule has 32 heavy (non-hydrogen) atoms. The lowest BCUT2D eigenvalue weighted by Gasteiger charge is -2.20. The number of sulfonamides is 1.